The van der Waals surface area contributed by atoms with Gasteiger partial charge in [0.25, 0.3) is 5.92 Å². The van der Waals surface area contributed by atoms with Gasteiger partial charge in [-0.1, -0.05) is 44.9 Å². The Bertz CT molecular complexity index is 1040. The molecule has 0 atom stereocenters. The van der Waals surface area contributed by atoms with E-state index in [1.807, 2.05) is 21.7 Å². The molecule has 0 saturated carbocycles. The average Bonchev–Trinajstić information content (AvgIpc) is 3.50. The van der Waals surface area contributed by atoms with E-state index in [4.69, 9.17) is 16.3 Å². The summed E-state index contributed by atoms with van der Waals surface area (Å²) in [5.74, 6) is -3.31. The van der Waals surface area contributed by atoms with Crippen LogP contribution in [-0.4, -0.2) is 46.8 Å². The van der Waals surface area contributed by atoms with Crippen molar-refractivity contribution in [3.63, 3.8) is 0 Å². The molecule has 0 bridgehead atoms. The van der Waals surface area contributed by atoms with E-state index in [9.17, 15) is 18.4 Å². The van der Waals surface area contributed by atoms with Crippen LogP contribution in [-0.2, 0) is 9.53 Å². The number of cyclic esters (lactones) is 1. The Kier molecular flexibility index (Phi) is 10.9. The lowest BCUT2D eigenvalue weighted by molar-refractivity contribution is -0.113. The van der Waals surface area contributed by atoms with Crippen LogP contribution in [0, 0.1) is 0 Å². The number of halogens is 3. The highest BCUT2D eigenvalue weighted by Gasteiger charge is 2.35. The highest BCUT2D eigenvalue weighted by Crippen LogP contribution is 2.40. The van der Waals surface area contributed by atoms with Gasteiger partial charge in [0, 0.05) is 36.0 Å². The second-order valence-corrected chi connectivity index (χ2v) is 10.0. The van der Waals surface area contributed by atoms with Crippen molar-refractivity contribution < 1.29 is 23.1 Å². The van der Waals surface area contributed by atoms with Crippen LogP contribution in [0.3, 0.4) is 0 Å². The Morgan fingerprint density at radius 2 is 1.92 bits per heavy atom. The summed E-state index contributed by atoms with van der Waals surface area (Å²) < 4.78 is 32.9. The van der Waals surface area contributed by atoms with Crippen LogP contribution in [0.4, 0.5) is 13.6 Å². The highest BCUT2D eigenvalue weighted by molar-refractivity contribution is 7.08. The van der Waals surface area contributed by atoms with Crippen LogP contribution >= 0.6 is 22.9 Å². The van der Waals surface area contributed by atoms with E-state index in [1.165, 1.54) is 29.2 Å². The fraction of sp³-hybridized carbons (Fsp3) is 0.481. The van der Waals surface area contributed by atoms with Gasteiger partial charge >= 0.3 is 6.09 Å². The molecule has 3 heterocycles. The summed E-state index contributed by atoms with van der Waals surface area (Å²) in [6, 6.07) is 2.24. The van der Waals surface area contributed by atoms with Crippen LogP contribution in [0.2, 0.25) is 0 Å². The molecule has 0 spiro atoms. The first kappa shape index (κ1) is 29.8. The number of carbonyl (C=O) groups is 2. The SMILES string of the molecule is C=C1C(C(C)(F)F)=CC(c2ccsc2)=CN1/C(Cl)=C(\C)C(C)=O.CCCC(CCC)N1CCOC1=O. The minimum absolute atomic E-state index is 0.0575. The number of carbonyl (C=O) groups excluding carboxylic acids is 2. The van der Waals surface area contributed by atoms with Crippen molar-refractivity contribution in [3.05, 3.63) is 63.2 Å². The Morgan fingerprint density at radius 3 is 2.36 bits per heavy atom. The predicted molar refractivity (Wildman–Crippen MR) is 143 cm³/mol. The smallest absolute Gasteiger partial charge is 0.410 e. The summed E-state index contributed by atoms with van der Waals surface area (Å²) in [4.78, 5) is 26.0. The quantitative estimate of drug-likeness (QED) is 0.235. The third-order valence-corrected chi connectivity index (χ3v) is 7.17. The van der Waals surface area contributed by atoms with Crippen molar-refractivity contribution in [2.45, 2.75) is 72.3 Å². The molecule has 0 radical (unpaired) electrons. The van der Waals surface area contributed by atoms with Gasteiger partial charge in [-0.15, -0.1) is 0 Å². The molecule has 0 N–H and O–H groups in total. The van der Waals surface area contributed by atoms with E-state index in [1.54, 1.807) is 13.1 Å². The van der Waals surface area contributed by atoms with E-state index >= 15 is 0 Å². The lowest BCUT2D eigenvalue weighted by Crippen LogP contribution is -2.35. The molecule has 36 heavy (non-hydrogen) atoms. The number of amides is 1. The number of rotatable bonds is 9. The number of thiophene rings is 1. The zero-order valence-corrected chi connectivity index (χ0v) is 23.1. The molecule has 1 aromatic rings. The number of Topliss-reactive ketones (excluding diaryl/α,β-unsaturated/α-hetero) is 1. The molecule has 1 saturated heterocycles. The Morgan fingerprint density at radius 1 is 1.28 bits per heavy atom. The van der Waals surface area contributed by atoms with Gasteiger partial charge < -0.3 is 14.5 Å². The first-order chi connectivity index (χ1) is 16.9. The standard InChI is InChI=1S/C17H16ClF2NOS.C10H19NO2/c1-10(12(3)22)16(18)21-8-14(13-5-6-23-9-13)7-15(11(21)2)17(4,19)20;1-3-5-9(6-4-2)11-7-8-13-10(11)12/h5-9H,2H2,1,3-4H3;9H,3-8H2,1-2H3/b16-10+;. The number of alkyl halides is 2. The molecule has 0 unspecified atom stereocenters. The minimum Gasteiger partial charge on any atom is -0.448 e. The predicted octanol–water partition coefficient (Wildman–Crippen LogP) is 7.97. The first-order valence-electron chi connectivity index (χ1n) is 12.1. The third-order valence-electron chi connectivity index (χ3n) is 6.02. The van der Waals surface area contributed by atoms with Crippen LogP contribution < -0.4 is 0 Å². The maximum absolute atomic E-state index is 14.0. The van der Waals surface area contributed by atoms with Crippen molar-refractivity contribution in [3.8, 4) is 0 Å². The molecule has 1 aromatic heterocycles. The van der Waals surface area contributed by atoms with Gasteiger partial charge in [-0.2, -0.15) is 11.3 Å². The summed E-state index contributed by atoms with van der Waals surface area (Å²) >= 11 is 7.72. The second-order valence-electron chi connectivity index (χ2n) is 8.87. The number of ether oxygens (including phenoxy) is 1. The van der Waals surface area contributed by atoms with Crippen molar-refractivity contribution in [2.75, 3.05) is 13.2 Å². The maximum atomic E-state index is 14.0. The number of allylic oxidation sites excluding steroid dienone is 4. The molecule has 0 aliphatic carbocycles. The molecule has 5 nitrogen and oxygen atoms in total. The first-order valence-corrected chi connectivity index (χ1v) is 13.4. The molecule has 3 rings (SSSR count). The highest BCUT2D eigenvalue weighted by atomic mass is 35.5. The normalized spacial score (nSPS) is 16.8. The third kappa shape index (κ3) is 7.53. The molecule has 1 amide bonds. The second kappa shape index (κ2) is 13.2. The number of hydrogen-bond donors (Lipinski definition) is 0. The molecule has 198 valence electrons. The molecule has 0 aromatic carbocycles. The summed E-state index contributed by atoms with van der Waals surface area (Å²) in [6.07, 6.45) is 7.38. The topological polar surface area (TPSA) is 49.9 Å². The molecule has 9 heteroatoms. The zero-order chi connectivity index (χ0) is 27.0. The molecule has 2 aliphatic heterocycles. The van der Waals surface area contributed by atoms with Gasteiger partial charge in [-0.25, -0.2) is 13.6 Å². The fourth-order valence-electron chi connectivity index (χ4n) is 3.95. The van der Waals surface area contributed by atoms with Crippen LogP contribution in [0.1, 0.15) is 65.9 Å². The Balaban J connectivity index is 0.000000297. The van der Waals surface area contributed by atoms with E-state index in [0.29, 0.717) is 18.2 Å². The monoisotopic (exact) mass is 540 g/mol. The molecular weight excluding hydrogens is 506 g/mol. The van der Waals surface area contributed by atoms with Gasteiger partial charge in [-0.05, 0) is 60.7 Å². The molecule has 1 fully saturated rings. The number of ketones is 1. The van der Waals surface area contributed by atoms with E-state index < -0.39 is 5.92 Å². The van der Waals surface area contributed by atoms with Gasteiger partial charge in [0.1, 0.15) is 11.8 Å². The maximum Gasteiger partial charge on any atom is 0.410 e. The Labute approximate surface area is 221 Å². The van der Waals surface area contributed by atoms with Crippen LogP contribution in [0.5, 0.6) is 0 Å². The largest absolute Gasteiger partial charge is 0.448 e. The molecule has 2 aliphatic rings. The Hall–Kier alpha value is -2.45. The van der Waals surface area contributed by atoms with Gasteiger partial charge in [-0.3, -0.25) is 4.79 Å². The van der Waals surface area contributed by atoms with E-state index in [-0.39, 0.29) is 33.9 Å². The van der Waals surface area contributed by atoms with Crippen LogP contribution in [0.15, 0.2) is 57.7 Å². The van der Waals surface area contributed by atoms with E-state index in [2.05, 4.69) is 20.4 Å². The summed E-state index contributed by atoms with van der Waals surface area (Å²) in [5, 5.41) is 3.79. The van der Waals surface area contributed by atoms with Crippen molar-refractivity contribution in [1.29, 1.82) is 0 Å². The number of hydrogen-bond acceptors (Lipinski definition) is 5. The average molecular weight is 541 g/mol. The van der Waals surface area contributed by atoms with Crippen molar-refractivity contribution >= 4 is 40.4 Å². The van der Waals surface area contributed by atoms with Crippen molar-refractivity contribution in [1.82, 2.24) is 9.80 Å². The molecular formula is C27H35ClF2N2O3S. The number of nitrogens with zero attached hydrogens (tertiary/aromatic N) is 2. The lowest BCUT2D eigenvalue weighted by Gasteiger charge is -2.31. The van der Waals surface area contributed by atoms with Crippen molar-refractivity contribution in [2.24, 2.45) is 0 Å². The van der Waals surface area contributed by atoms with E-state index in [0.717, 1.165) is 44.7 Å². The van der Waals surface area contributed by atoms with Gasteiger partial charge in [0.2, 0.25) is 0 Å². The van der Waals surface area contributed by atoms with Gasteiger partial charge in [0.15, 0.2) is 5.78 Å². The summed E-state index contributed by atoms with van der Waals surface area (Å²) in [6.45, 7) is 13.1. The minimum atomic E-state index is -3.08. The van der Waals surface area contributed by atoms with Crippen LogP contribution in [0.25, 0.3) is 5.57 Å². The zero-order valence-electron chi connectivity index (χ0n) is 21.6. The fourth-order valence-corrected chi connectivity index (χ4v) is 4.90. The van der Waals surface area contributed by atoms with Gasteiger partial charge in [0.05, 0.1) is 6.54 Å². The summed E-state index contributed by atoms with van der Waals surface area (Å²) in [7, 11) is 0. The lowest BCUT2D eigenvalue weighted by atomic mass is 9.97. The summed E-state index contributed by atoms with van der Waals surface area (Å²) in [5.41, 5.74) is 1.51.